The van der Waals surface area contributed by atoms with E-state index < -0.39 is 6.04 Å². The van der Waals surface area contributed by atoms with Crippen LogP contribution < -0.4 is 14.8 Å². The van der Waals surface area contributed by atoms with Crippen molar-refractivity contribution >= 4 is 11.6 Å². The van der Waals surface area contributed by atoms with E-state index in [2.05, 4.69) is 50.3 Å². The molecular weight excluding hydrogens is 432 g/mol. The van der Waals surface area contributed by atoms with Crippen LogP contribution in [0, 0.1) is 19.8 Å². The predicted octanol–water partition coefficient (Wildman–Crippen LogP) is 5.24. The van der Waals surface area contributed by atoms with Gasteiger partial charge in [0, 0.05) is 17.8 Å². The van der Waals surface area contributed by atoms with Crippen LogP contribution in [0.4, 0.5) is 4.79 Å². The molecule has 2 amide bonds. The van der Waals surface area contributed by atoms with Crippen LogP contribution in [0.5, 0.6) is 11.5 Å². The van der Waals surface area contributed by atoms with Gasteiger partial charge < -0.3 is 19.3 Å². The number of fused-ring (bicyclic) bond motifs is 1. The molecule has 0 aliphatic carbocycles. The SMILES string of the molecule is CC1=C(c2nc(-c3ccc4c(c3)OCO4)no2)C(c2ccc(C)c(C)c2)NC(=O)N1CC(C)C. The lowest BCUT2D eigenvalue weighted by Crippen LogP contribution is -2.47. The van der Waals surface area contributed by atoms with Crippen LogP contribution in [-0.4, -0.2) is 34.4 Å². The fraction of sp³-hybridized carbons (Fsp3) is 0.346. The fourth-order valence-electron chi connectivity index (χ4n) is 4.32. The number of nitrogens with zero attached hydrogens (tertiary/aromatic N) is 3. The second kappa shape index (κ2) is 8.52. The van der Waals surface area contributed by atoms with Gasteiger partial charge in [0.1, 0.15) is 0 Å². The molecule has 1 N–H and O–H groups in total. The number of urea groups is 1. The molecule has 5 rings (SSSR count). The van der Waals surface area contributed by atoms with Gasteiger partial charge in [0.25, 0.3) is 5.89 Å². The number of amides is 2. The summed E-state index contributed by atoms with van der Waals surface area (Å²) in [5.41, 5.74) is 5.68. The Morgan fingerprint density at radius 1 is 1.06 bits per heavy atom. The maximum atomic E-state index is 13.1. The largest absolute Gasteiger partial charge is 0.454 e. The topological polar surface area (TPSA) is 89.7 Å². The Morgan fingerprint density at radius 2 is 1.85 bits per heavy atom. The second-order valence-corrected chi connectivity index (χ2v) is 9.22. The van der Waals surface area contributed by atoms with E-state index in [1.165, 1.54) is 5.56 Å². The summed E-state index contributed by atoms with van der Waals surface area (Å²) >= 11 is 0. The first-order valence-electron chi connectivity index (χ1n) is 11.4. The van der Waals surface area contributed by atoms with Gasteiger partial charge in [0.15, 0.2) is 11.5 Å². The molecule has 0 bridgehead atoms. The number of nitrogens with one attached hydrogen (secondary N) is 1. The Labute approximate surface area is 198 Å². The molecule has 0 fully saturated rings. The average molecular weight is 461 g/mol. The number of carbonyl (C=O) groups is 1. The normalized spacial score (nSPS) is 17.5. The number of carbonyl (C=O) groups excluding carboxylic acids is 1. The molecule has 2 aliphatic rings. The van der Waals surface area contributed by atoms with Gasteiger partial charge in [-0.25, -0.2) is 4.79 Å². The highest BCUT2D eigenvalue weighted by atomic mass is 16.7. The van der Waals surface area contributed by atoms with Crippen molar-refractivity contribution in [3.63, 3.8) is 0 Å². The second-order valence-electron chi connectivity index (χ2n) is 9.22. The van der Waals surface area contributed by atoms with Gasteiger partial charge in [-0.3, -0.25) is 4.90 Å². The van der Waals surface area contributed by atoms with E-state index >= 15 is 0 Å². The van der Waals surface area contributed by atoms with Crippen molar-refractivity contribution in [1.82, 2.24) is 20.4 Å². The number of hydrogen-bond acceptors (Lipinski definition) is 6. The first-order valence-corrected chi connectivity index (χ1v) is 11.4. The van der Waals surface area contributed by atoms with E-state index in [0.717, 1.165) is 28.0 Å². The predicted molar refractivity (Wildman–Crippen MR) is 127 cm³/mol. The Balaban J connectivity index is 1.59. The maximum Gasteiger partial charge on any atom is 0.322 e. The molecular formula is C26H28N4O4. The van der Waals surface area contributed by atoms with Crippen molar-refractivity contribution in [2.24, 2.45) is 5.92 Å². The molecule has 3 heterocycles. The summed E-state index contributed by atoms with van der Waals surface area (Å²) in [6.45, 7) is 11.0. The number of hydrogen-bond donors (Lipinski definition) is 1. The molecule has 1 atom stereocenters. The summed E-state index contributed by atoms with van der Waals surface area (Å²) in [6, 6.07) is 11.2. The van der Waals surface area contributed by atoms with Crippen LogP contribution in [0.15, 0.2) is 46.6 Å². The summed E-state index contributed by atoms with van der Waals surface area (Å²) in [4.78, 5) is 19.6. The van der Waals surface area contributed by atoms with Crippen LogP contribution in [-0.2, 0) is 0 Å². The fourth-order valence-corrected chi connectivity index (χ4v) is 4.32. The number of aromatic nitrogens is 2. The lowest BCUT2D eigenvalue weighted by atomic mass is 9.92. The van der Waals surface area contributed by atoms with Crippen LogP contribution in [0.25, 0.3) is 17.0 Å². The average Bonchev–Trinajstić information content (AvgIpc) is 3.47. The van der Waals surface area contributed by atoms with Crippen molar-refractivity contribution in [2.45, 2.75) is 40.7 Å². The van der Waals surface area contributed by atoms with E-state index in [4.69, 9.17) is 19.0 Å². The number of benzene rings is 2. The smallest absolute Gasteiger partial charge is 0.322 e. The van der Waals surface area contributed by atoms with Crippen molar-refractivity contribution in [2.75, 3.05) is 13.3 Å². The lowest BCUT2D eigenvalue weighted by molar-refractivity contribution is 0.174. The zero-order chi connectivity index (χ0) is 24.0. The maximum absolute atomic E-state index is 13.1. The number of aryl methyl sites for hydroxylation is 2. The minimum absolute atomic E-state index is 0.131. The number of rotatable bonds is 5. The van der Waals surface area contributed by atoms with Crippen LogP contribution in [0.2, 0.25) is 0 Å². The van der Waals surface area contributed by atoms with E-state index in [1.54, 1.807) is 4.90 Å². The minimum atomic E-state index is -0.403. The first-order chi connectivity index (χ1) is 16.3. The summed E-state index contributed by atoms with van der Waals surface area (Å²) < 4.78 is 16.7. The molecule has 1 unspecified atom stereocenters. The monoisotopic (exact) mass is 460 g/mol. The van der Waals surface area contributed by atoms with E-state index in [0.29, 0.717) is 35.7 Å². The van der Waals surface area contributed by atoms with Crippen LogP contribution in [0.1, 0.15) is 49.4 Å². The van der Waals surface area contributed by atoms with Gasteiger partial charge >= 0.3 is 6.03 Å². The molecule has 8 nitrogen and oxygen atoms in total. The van der Waals surface area contributed by atoms with Gasteiger partial charge in [-0.1, -0.05) is 37.2 Å². The lowest BCUT2D eigenvalue weighted by Gasteiger charge is -2.36. The van der Waals surface area contributed by atoms with E-state index in [-0.39, 0.29) is 12.8 Å². The van der Waals surface area contributed by atoms with Crippen molar-refractivity contribution in [1.29, 1.82) is 0 Å². The molecule has 2 aliphatic heterocycles. The standard InChI is InChI=1S/C26H28N4O4/c1-14(2)12-30-17(5)22(23(27-26(30)31)18-7-6-15(3)16(4)10-18)25-28-24(29-34-25)19-8-9-20-21(11-19)33-13-32-20/h6-11,14,23H,12-13H2,1-5H3,(H,27,31). The van der Waals surface area contributed by atoms with Crippen molar-refractivity contribution in [3.8, 4) is 22.9 Å². The summed E-state index contributed by atoms with van der Waals surface area (Å²) in [5, 5.41) is 7.40. The summed E-state index contributed by atoms with van der Waals surface area (Å²) in [5.74, 6) is 2.47. The minimum Gasteiger partial charge on any atom is -0.454 e. The molecule has 0 spiro atoms. The Morgan fingerprint density at radius 3 is 2.62 bits per heavy atom. The van der Waals surface area contributed by atoms with E-state index in [1.807, 2.05) is 31.2 Å². The molecule has 3 aromatic rings. The highest BCUT2D eigenvalue weighted by Crippen LogP contribution is 2.39. The zero-order valence-electron chi connectivity index (χ0n) is 20.0. The Bertz CT molecular complexity index is 1290. The van der Waals surface area contributed by atoms with Gasteiger partial charge in [0.2, 0.25) is 12.6 Å². The van der Waals surface area contributed by atoms with Gasteiger partial charge in [-0.15, -0.1) is 0 Å². The zero-order valence-corrected chi connectivity index (χ0v) is 20.0. The van der Waals surface area contributed by atoms with Crippen molar-refractivity contribution in [3.05, 3.63) is 64.7 Å². The molecule has 2 aromatic carbocycles. The Kier molecular flexibility index (Phi) is 5.51. The third-order valence-corrected chi connectivity index (χ3v) is 6.30. The molecule has 0 saturated heterocycles. The third-order valence-electron chi connectivity index (χ3n) is 6.30. The highest BCUT2D eigenvalue weighted by Gasteiger charge is 2.36. The van der Waals surface area contributed by atoms with Crippen LogP contribution in [0.3, 0.4) is 0 Å². The van der Waals surface area contributed by atoms with Crippen LogP contribution >= 0.6 is 0 Å². The molecule has 34 heavy (non-hydrogen) atoms. The summed E-state index contributed by atoms with van der Waals surface area (Å²) in [7, 11) is 0. The highest BCUT2D eigenvalue weighted by molar-refractivity contribution is 5.87. The van der Waals surface area contributed by atoms with E-state index in [9.17, 15) is 4.79 Å². The third kappa shape index (κ3) is 3.89. The number of allylic oxidation sites excluding steroid dienone is 1. The summed E-state index contributed by atoms with van der Waals surface area (Å²) in [6.07, 6.45) is 0. The quantitative estimate of drug-likeness (QED) is 0.560. The molecule has 176 valence electrons. The van der Waals surface area contributed by atoms with Gasteiger partial charge in [0.05, 0.1) is 11.6 Å². The molecule has 0 saturated carbocycles. The van der Waals surface area contributed by atoms with Gasteiger partial charge in [-0.05, 0) is 61.6 Å². The molecule has 0 radical (unpaired) electrons. The van der Waals surface area contributed by atoms with Gasteiger partial charge in [-0.2, -0.15) is 4.98 Å². The Hall–Kier alpha value is -3.81. The number of ether oxygens (including phenoxy) is 2. The molecule has 1 aromatic heterocycles. The first kappa shape index (κ1) is 22.0. The molecule has 8 heteroatoms. The van der Waals surface area contributed by atoms with Crippen molar-refractivity contribution < 1.29 is 18.8 Å².